The fourth-order valence-corrected chi connectivity index (χ4v) is 5.45. The van der Waals surface area contributed by atoms with Crippen LogP contribution in [0.3, 0.4) is 0 Å². The zero-order chi connectivity index (χ0) is 21.0. The highest BCUT2D eigenvalue weighted by atomic mass is 32.2. The molecule has 0 bridgehead atoms. The molecule has 1 amide bonds. The van der Waals surface area contributed by atoms with E-state index >= 15 is 0 Å². The van der Waals surface area contributed by atoms with Crippen LogP contribution in [0.4, 0.5) is 5.82 Å². The Kier molecular flexibility index (Phi) is 5.77. The van der Waals surface area contributed by atoms with Crippen molar-refractivity contribution < 1.29 is 4.79 Å². The van der Waals surface area contributed by atoms with Crippen molar-refractivity contribution >= 4 is 45.0 Å². The first kappa shape index (κ1) is 19.9. The number of thioether (sulfide) groups is 1. The highest BCUT2D eigenvalue weighted by molar-refractivity contribution is 8.01. The quantitative estimate of drug-likeness (QED) is 0.432. The molecule has 4 heterocycles. The molecule has 5 rings (SSSR count). The van der Waals surface area contributed by atoms with Crippen molar-refractivity contribution in [2.75, 3.05) is 36.8 Å². The second-order valence-electron chi connectivity index (χ2n) is 7.12. The van der Waals surface area contributed by atoms with Crippen LogP contribution in [-0.2, 0) is 4.79 Å². The summed E-state index contributed by atoms with van der Waals surface area (Å²) in [5.74, 6) is 1.41. The van der Waals surface area contributed by atoms with E-state index in [-0.39, 0.29) is 5.91 Å². The minimum atomic E-state index is 0.155. The zero-order valence-electron chi connectivity index (χ0n) is 16.7. The van der Waals surface area contributed by atoms with Crippen LogP contribution < -0.4 is 4.90 Å². The van der Waals surface area contributed by atoms with Gasteiger partial charge in [0.25, 0.3) is 0 Å². The largest absolute Gasteiger partial charge is 0.352 e. The molecule has 7 nitrogen and oxygen atoms in total. The van der Waals surface area contributed by atoms with Gasteiger partial charge in [-0.25, -0.2) is 4.98 Å². The van der Waals surface area contributed by atoms with Gasteiger partial charge in [-0.3, -0.25) is 9.78 Å². The fraction of sp³-hybridized carbons (Fsp3) is 0.227. The van der Waals surface area contributed by atoms with Gasteiger partial charge < -0.3 is 9.80 Å². The van der Waals surface area contributed by atoms with Crippen molar-refractivity contribution in [3.63, 3.8) is 0 Å². The lowest BCUT2D eigenvalue weighted by Gasteiger charge is -2.35. The molecular formula is C22H20N6OS2. The van der Waals surface area contributed by atoms with Gasteiger partial charge in [0, 0.05) is 44.1 Å². The van der Waals surface area contributed by atoms with Crippen molar-refractivity contribution in [3.05, 3.63) is 60.9 Å². The molecule has 0 atom stereocenters. The van der Waals surface area contributed by atoms with Crippen LogP contribution in [-0.4, -0.2) is 62.9 Å². The predicted molar refractivity (Wildman–Crippen MR) is 124 cm³/mol. The Morgan fingerprint density at radius 1 is 1.00 bits per heavy atom. The molecule has 0 unspecified atom stereocenters. The van der Waals surface area contributed by atoms with Crippen LogP contribution in [0.15, 0.2) is 65.3 Å². The number of para-hydroxylation sites is 1. The summed E-state index contributed by atoms with van der Waals surface area (Å²) in [6.07, 6.45) is 3.52. The fourth-order valence-electron chi connectivity index (χ4n) is 3.47. The highest BCUT2D eigenvalue weighted by Crippen LogP contribution is 2.29. The van der Waals surface area contributed by atoms with E-state index in [9.17, 15) is 4.79 Å². The van der Waals surface area contributed by atoms with Crippen molar-refractivity contribution in [1.29, 1.82) is 0 Å². The van der Waals surface area contributed by atoms with E-state index in [1.54, 1.807) is 23.7 Å². The molecule has 1 aromatic carbocycles. The van der Waals surface area contributed by atoms with Gasteiger partial charge in [-0.2, -0.15) is 0 Å². The van der Waals surface area contributed by atoms with E-state index in [1.165, 1.54) is 11.8 Å². The first-order valence-electron chi connectivity index (χ1n) is 10.0. The van der Waals surface area contributed by atoms with Crippen LogP contribution in [0.25, 0.3) is 21.5 Å². The summed E-state index contributed by atoms with van der Waals surface area (Å²) in [5, 5.41) is 8.72. The first-order valence-corrected chi connectivity index (χ1v) is 11.8. The number of piperazine rings is 1. The molecule has 1 aliphatic heterocycles. The number of amides is 1. The number of pyridine rings is 1. The second kappa shape index (κ2) is 8.99. The molecule has 156 valence electrons. The molecule has 1 fully saturated rings. The SMILES string of the molecule is O=C(CSc1nc2ccccc2s1)N1CCN(c2ccc(-c3cccnc3)nn2)CC1. The average Bonchev–Trinajstić information content (AvgIpc) is 3.26. The minimum Gasteiger partial charge on any atom is -0.352 e. The van der Waals surface area contributed by atoms with Crippen molar-refractivity contribution in [3.8, 4) is 11.3 Å². The Hall–Kier alpha value is -3.04. The highest BCUT2D eigenvalue weighted by Gasteiger charge is 2.22. The lowest BCUT2D eigenvalue weighted by atomic mass is 10.2. The van der Waals surface area contributed by atoms with Crippen molar-refractivity contribution in [1.82, 2.24) is 25.1 Å². The maximum absolute atomic E-state index is 12.7. The Morgan fingerprint density at radius 2 is 1.87 bits per heavy atom. The van der Waals surface area contributed by atoms with Crippen LogP contribution in [0, 0.1) is 0 Å². The molecule has 0 radical (unpaired) electrons. The van der Waals surface area contributed by atoms with E-state index < -0.39 is 0 Å². The molecule has 0 N–H and O–H groups in total. The third-order valence-corrected chi connectivity index (χ3v) is 7.32. The number of rotatable bonds is 5. The minimum absolute atomic E-state index is 0.155. The number of hydrogen-bond donors (Lipinski definition) is 0. The number of nitrogens with zero attached hydrogens (tertiary/aromatic N) is 6. The summed E-state index contributed by atoms with van der Waals surface area (Å²) in [6, 6.07) is 15.9. The van der Waals surface area contributed by atoms with Gasteiger partial charge >= 0.3 is 0 Å². The van der Waals surface area contributed by atoms with Crippen LogP contribution in [0.5, 0.6) is 0 Å². The van der Waals surface area contributed by atoms with Crippen molar-refractivity contribution in [2.45, 2.75) is 4.34 Å². The molecule has 0 aliphatic carbocycles. The lowest BCUT2D eigenvalue weighted by Crippen LogP contribution is -2.49. The molecule has 0 spiro atoms. The number of aromatic nitrogens is 4. The second-order valence-corrected chi connectivity index (χ2v) is 9.38. The van der Waals surface area contributed by atoms with E-state index in [4.69, 9.17) is 0 Å². The Labute approximate surface area is 188 Å². The Bertz CT molecular complexity index is 1140. The van der Waals surface area contributed by atoms with E-state index in [1.807, 2.05) is 47.4 Å². The molecule has 9 heteroatoms. The number of thiazole rings is 1. The van der Waals surface area contributed by atoms with E-state index in [0.29, 0.717) is 18.8 Å². The number of anilines is 1. The van der Waals surface area contributed by atoms with Gasteiger partial charge in [0.05, 0.1) is 21.7 Å². The first-order chi connectivity index (χ1) is 15.3. The van der Waals surface area contributed by atoms with Gasteiger partial charge in [0.1, 0.15) is 0 Å². The molecule has 1 saturated heterocycles. The van der Waals surface area contributed by atoms with Crippen LogP contribution >= 0.6 is 23.1 Å². The maximum Gasteiger partial charge on any atom is 0.233 e. The predicted octanol–water partition coefficient (Wildman–Crippen LogP) is 3.59. The number of benzene rings is 1. The number of carbonyl (C=O) groups is 1. The third kappa shape index (κ3) is 4.52. The Morgan fingerprint density at radius 3 is 2.61 bits per heavy atom. The molecular weight excluding hydrogens is 428 g/mol. The van der Waals surface area contributed by atoms with Gasteiger partial charge in [0.2, 0.25) is 5.91 Å². The standard InChI is InChI=1S/C22H20N6OS2/c29-21(15-30-22-24-18-5-1-2-6-19(18)31-22)28-12-10-27(11-13-28)20-8-7-17(25-26-20)16-4-3-9-23-14-16/h1-9,14H,10-13,15H2. The lowest BCUT2D eigenvalue weighted by molar-refractivity contribution is -0.128. The number of carbonyl (C=O) groups excluding carboxylic acids is 1. The van der Waals surface area contributed by atoms with Gasteiger partial charge in [-0.1, -0.05) is 23.9 Å². The summed E-state index contributed by atoms with van der Waals surface area (Å²) < 4.78 is 2.10. The van der Waals surface area contributed by atoms with Gasteiger partial charge in [0.15, 0.2) is 10.2 Å². The third-order valence-electron chi connectivity index (χ3n) is 5.16. The summed E-state index contributed by atoms with van der Waals surface area (Å²) >= 11 is 3.16. The molecule has 4 aromatic rings. The molecule has 31 heavy (non-hydrogen) atoms. The average molecular weight is 449 g/mol. The van der Waals surface area contributed by atoms with Crippen LogP contribution in [0.1, 0.15) is 0 Å². The summed E-state index contributed by atoms with van der Waals surface area (Å²) in [5.41, 5.74) is 2.74. The summed E-state index contributed by atoms with van der Waals surface area (Å²) in [7, 11) is 0. The normalized spacial score (nSPS) is 14.2. The topological polar surface area (TPSA) is 75.1 Å². The molecule has 1 aliphatic rings. The smallest absolute Gasteiger partial charge is 0.233 e. The number of fused-ring (bicyclic) bond motifs is 1. The van der Waals surface area contributed by atoms with E-state index in [0.717, 1.165) is 44.7 Å². The number of hydrogen-bond acceptors (Lipinski definition) is 8. The van der Waals surface area contributed by atoms with Crippen LogP contribution in [0.2, 0.25) is 0 Å². The Balaban J connectivity index is 1.14. The van der Waals surface area contributed by atoms with Crippen molar-refractivity contribution in [2.24, 2.45) is 0 Å². The summed E-state index contributed by atoms with van der Waals surface area (Å²) in [6.45, 7) is 2.87. The molecule has 0 saturated carbocycles. The van der Waals surface area contributed by atoms with Gasteiger partial charge in [-0.15, -0.1) is 21.5 Å². The molecule has 3 aromatic heterocycles. The maximum atomic E-state index is 12.7. The summed E-state index contributed by atoms with van der Waals surface area (Å²) in [4.78, 5) is 25.5. The van der Waals surface area contributed by atoms with Gasteiger partial charge in [-0.05, 0) is 36.4 Å². The monoisotopic (exact) mass is 448 g/mol. The zero-order valence-corrected chi connectivity index (χ0v) is 18.4. The van der Waals surface area contributed by atoms with E-state index in [2.05, 4.69) is 31.1 Å².